The minimum Gasteiger partial charge on any atom is -0.297 e. The van der Waals surface area contributed by atoms with Gasteiger partial charge in [-0.3, -0.25) is 4.79 Å². The topological polar surface area (TPSA) is 47.8 Å². The largest absolute Gasteiger partial charge is 0.297 e. The lowest BCUT2D eigenvalue weighted by Gasteiger charge is -2.57. The molecular formula is C24H35N3O. The number of nitrogens with zero attached hydrogens (tertiary/aromatic N) is 3. The Hall–Kier alpha value is -1.19. The molecule has 0 spiro atoms. The summed E-state index contributed by atoms with van der Waals surface area (Å²) < 4.78 is 1.73. The van der Waals surface area contributed by atoms with Crippen molar-refractivity contribution in [3.63, 3.8) is 0 Å². The van der Waals surface area contributed by atoms with Crippen LogP contribution in [0.15, 0.2) is 12.4 Å². The third kappa shape index (κ3) is 2.45. The summed E-state index contributed by atoms with van der Waals surface area (Å²) in [5.74, 6) is 7.89. The number of carbonyl (C=O) groups is 1. The van der Waals surface area contributed by atoms with Crippen LogP contribution in [0.25, 0.3) is 0 Å². The van der Waals surface area contributed by atoms with E-state index in [0.29, 0.717) is 18.2 Å². The lowest BCUT2D eigenvalue weighted by atomic mass is 9.48. The first-order chi connectivity index (χ1) is 13.6. The molecule has 0 saturated heterocycles. The van der Waals surface area contributed by atoms with E-state index < -0.39 is 0 Å². The summed E-state index contributed by atoms with van der Waals surface area (Å²) in [5.41, 5.74) is 0.251. The molecule has 0 radical (unpaired) electrons. The first-order valence-electron chi connectivity index (χ1n) is 11.9. The zero-order valence-electron chi connectivity index (χ0n) is 17.5. The van der Waals surface area contributed by atoms with Gasteiger partial charge < -0.3 is 0 Å². The molecule has 10 atom stereocenters. The Balaban J connectivity index is 1.25. The van der Waals surface area contributed by atoms with Crippen LogP contribution in [0.5, 0.6) is 0 Å². The average Bonchev–Trinajstić information content (AvgIpc) is 3.13. The Kier molecular flexibility index (Phi) is 3.88. The quantitative estimate of drug-likeness (QED) is 0.768. The van der Waals surface area contributed by atoms with Crippen molar-refractivity contribution in [3.05, 3.63) is 12.4 Å². The summed E-state index contributed by atoms with van der Waals surface area (Å²) in [6.45, 7) is 5.39. The Morgan fingerprint density at radius 1 is 1.04 bits per heavy atom. The Morgan fingerprint density at radius 3 is 2.71 bits per heavy atom. The number of rotatable bonds is 3. The molecule has 0 amide bonds. The average molecular weight is 382 g/mol. The number of Topliss-reactive ketones (excluding diaryl/α,β-unsaturated/α-hetero) is 1. The van der Waals surface area contributed by atoms with E-state index in [1.807, 2.05) is 6.20 Å². The van der Waals surface area contributed by atoms with Gasteiger partial charge in [-0.2, -0.15) is 0 Å². The van der Waals surface area contributed by atoms with Crippen LogP contribution in [0.4, 0.5) is 0 Å². The number of hydrogen-bond acceptors (Lipinski definition) is 3. The van der Waals surface area contributed by atoms with Crippen molar-refractivity contribution in [2.75, 3.05) is 0 Å². The third-order valence-electron chi connectivity index (χ3n) is 10.1. The van der Waals surface area contributed by atoms with Gasteiger partial charge in [-0.1, -0.05) is 25.5 Å². The van der Waals surface area contributed by atoms with Gasteiger partial charge in [0.2, 0.25) is 0 Å². The smallest absolute Gasteiger partial charge is 0.158 e. The Bertz CT molecular complexity index is 760. The van der Waals surface area contributed by atoms with E-state index in [9.17, 15) is 4.79 Å². The van der Waals surface area contributed by atoms with E-state index in [-0.39, 0.29) is 11.3 Å². The van der Waals surface area contributed by atoms with Crippen LogP contribution in [0, 0.1) is 58.7 Å². The maximum atomic E-state index is 13.3. The van der Waals surface area contributed by atoms with Crippen LogP contribution in [0.1, 0.15) is 65.2 Å². The van der Waals surface area contributed by atoms with Gasteiger partial charge in [-0.05, 0) is 97.7 Å². The summed E-state index contributed by atoms with van der Waals surface area (Å²) >= 11 is 0. The molecule has 28 heavy (non-hydrogen) atoms. The van der Waals surface area contributed by atoms with Crippen LogP contribution >= 0.6 is 0 Å². The standard InChI is InChI=1S/C24H35N3O/c1-14-3-5-16-15(11-14)4-6-18-17(16)7-8-24(2)22(18)19-12-20(19)23(24)21(28)13-27-10-9-25-26-27/h9-10,14-20,22-23H,3-8,11-13H2,1-2H3/t14-,15+,16-,17+,18+,19+,20-,22+,23+,24-/m0/s1. The Labute approximate surface area is 168 Å². The lowest BCUT2D eigenvalue weighted by molar-refractivity contribution is -0.134. The predicted molar refractivity (Wildman–Crippen MR) is 107 cm³/mol. The van der Waals surface area contributed by atoms with Gasteiger partial charge in [0.25, 0.3) is 0 Å². The monoisotopic (exact) mass is 381 g/mol. The minimum absolute atomic E-state index is 0.251. The highest BCUT2D eigenvalue weighted by molar-refractivity contribution is 5.83. The number of aromatic nitrogens is 3. The van der Waals surface area contributed by atoms with Gasteiger partial charge in [0, 0.05) is 12.1 Å². The molecular weight excluding hydrogens is 346 g/mol. The van der Waals surface area contributed by atoms with Crippen molar-refractivity contribution in [3.8, 4) is 0 Å². The fraction of sp³-hybridized carbons (Fsp3) is 0.875. The van der Waals surface area contributed by atoms with Crippen LogP contribution in [-0.2, 0) is 11.3 Å². The molecule has 5 saturated carbocycles. The number of carbonyl (C=O) groups excluding carboxylic acids is 1. The van der Waals surface area contributed by atoms with Gasteiger partial charge in [0.15, 0.2) is 5.78 Å². The number of ketones is 1. The molecule has 152 valence electrons. The van der Waals surface area contributed by atoms with E-state index in [4.69, 9.17) is 0 Å². The van der Waals surface area contributed by atoms with E-state index in [2.05, 4.69) is 24.2 Å². The highest BCUT2D eigenvalue weighted by Gasteiger charge is 2.70. The molecule has 1 aromatic rings. The van der Waals surface area contributed by atoms with Crippen LogP contribution in [0.3, 0.4) is 0 Å². The van der Waals surface area contributed by atoms with Crippen LogP contribution in [0.2, 0.25) is 0 Å². The fourth-order valence-electron chi connectivity index (χ4n) is 9.24. The van der Waals surface area contributed by atoms with Crippen molar-refractivity contribution < 1.29 is 4.79 Å². The molecule has 5 aliphatic carbocycles. The van der Waals surface area contributed by atoms with Gasteiger partial charge in [0.05, 0.1) is 6.20 Å². The second-order valence-corrected chi connectivity index (χ2v) is 11.4. The lowest BCUT2D eigenvalue weighted by Crippen LogP contribution is -2.51. The van der Waals surface area contributed by atoms with Crippen molar-refractivity contribution in [2.45, 2.75) is 71.8 Å². The summed E-state index contributed by atoms with van der Waals surface area (Å²) in [4.78, 5) is 13.3. The fourth-order valence-corrected chi connectivity index (χ4v) is 9.24. The van der Waals surface area contributed by atoms with E-state index in [1.54, 1.807) is 10.9 Å². The molecule has 0 aliphatic heterocycles. The second-order valence-electron chi connectivity index (χ2n) is 11.4. The maximum Gasteiger partial charge on any atom is 0.158 e. The van der Waals surface area contributed by atoms with Gasteiger partial charge >= 0.3 is 0 Å². The van der Waals surface area contributed by atoms with Gasteiger partial charge in [-0.25, -0.2) is 4.68 Å². The van der Waals surface area contributed by atoms with E-state index >= 15 is 0 Å². The van der Waals surface area contributed by atoms with Gasteiger partial charge in [-0.15, -0.1) is 5.10 Å². The molecule has 0 unspecified atom stereocenters. The van der Waals surface area contributed by atoms with Crippen molar-refractivity contribution in [2.24, 2.45) is 58.7 Å². The molecule has 4 heteroatoms. The summed E-state index contributed by atoms with van der Waals surface area (Å²) in [6, 6.07) is 0. The molecule has 6 rings (SSSR count). The van der Waals surface area contributed by atoms with Crippen molar-refractivity contribution >= 4 is 5.78 Å². The van der Waals surface area contributed by atoms with Crippen molar-refractivity contribution in [1.29, 1.82) is 0 Å². The van der Waals surface area contributed by atoms with Crippen molar-refractivity contribution in [1.82, 2.24) is 15.0 Å². The number of hydrogen-bond donors (Lipinski definition) is 0. The number of fused-ring (bicyclic) bond motifs is 7. The predicted octanol–water partition coefficient (Wildman–Crippen LogP) is 4.61. The van der Waals surface area contributed by atoms with Crippen LogP contribution < -0.4 is 0 Å². The Morgan fingerprint density at radius 2 is 1.89 bits per heavy atom. The highest BCUT2D eigenvalue weighted by atomic mass is 16.1. The van der Waals surface area contributed by atoms with E-state index in [0.717, 1.165) is 41.4 Å². The molecule has 1 aromatic heterocycles. The summed E-state index contributed by atoms with van der Waals surface area (Å²) in [6.07, 6.45) is 14.9. The molecule has 0 aromatic carbocycles. The molecule has 5 aliphatic rings. The highest BCUT2D eigenvalue weighted by Crippen LogP contribution is 2.74. The SMILES string of the molecule is C[C@H]1CC[C@H]2[C@H](CC[C@@H]3[C@@H]2CC[C@@]2(C)[C@H]3[C@@H]3C[C@@H]3[C@@H]2C(=O)Cn2ccnn2)C1. The third-order valence-corrected chi connectivity index (χ3v) is 10.1. The summed E-state index contributed by atoms with van der Waals surface area (Å²) in [7, 11) is 0. The first-order valence-corrected chi connectivity index (χ1v) is 11.9. The second kappa shape index (κ2) is 6.15. The summed E-state index contributed by atoms with van der Waals surface area (Å²) in [5, 5.41) is 7.94. The zero-order valence-corrected chi connectivity index (χ0v) is 17.5. The van der Waals surface area contributed by atoms with E-state index in [1.165, 1.54) is 51.4 Å². The minimum atomic E-state index is 0.251. The molecule has 1 heterocycles. The zero-order chi connectivity index (χ0) is 19.0. The molecule has 0 bridgehead atoms. The maximum absolute atomic E-state index is 13.3. The normalized spacial score (nSPS) is 51.6. The van der Waals surface area contributed by atoms with Gasteiger partial charge in [0.1, 0.15) is 6.54 Å². The van der Waals surface area contributed by atoms with Crippen LogP contribution in [-0.4, -0.2) is 20.8 Å². The molecule has 0 N–H and O–H groups in total. The molecule has 4 nitrogen and oxygen atoms in total. The molecule has 5 fully saturated rings. The first kappa shape index (κ1) is 17.7.